The third-order valence-electron chi connectivity index (χ3n) is 5.23. The van der Waals surface area contributed by atoms with Gasteiger partial charge in [-0.15, -0.1) is 0 Å². The Labute approximate surface area is 157 Å². The van der Waals surface area contributed by atoms with E-state index in [-0.39, 0.29) is 11.8 Å². The Morgan fingerprint density at radius 3 is 3.07 bits per heavy atom. The highest BCUT2D eigenvalue weighted by Gasteiger charge is 2.28. The number of piperidine rings is 1. The van der Waals surface area contributed by atoms with Crippen LogP contribution < -0.4 is 10.2 Å². The van der Waals surface area contributed by atoms with Crippen molar-refractivity contribution in [3.63, 3.8) is 0 Å². The molecular formula is C20H23N5O2. The van der Waals surface area contributed by atoms with Crippen molar-refractivity contribution in [2.45, 2.75) is 33.2 Å². The molecule has 0 bridgehead atoms. The standard InChI is InChI=1S/C20H23N5O2/c1-13-14(2)27-20-17(13)18(23-12-24-20)25-8-4-6-16(11-25)19(26)22-10-15-5-3-7-21-9-15/h3,5,7,9,12,16H,4,6,8,10-11H2,1-2H3,(H,22,26). The zero-order valence-electron chi connectivity index (χ0n) is 15.6. The average Bonchev–Trinajstić information content (AvgIpc) is 3.01. The molecule has 7 nitrogen and oxygen atoms in total. The van der Waals surface area contributed by atoms with Gasteiger partial charge in [-0.1, -0.05) is 6.07 Å². The lowest BCUT2D eigenvalue weighted by Crippen LogP contribution is -2.43. The lowest BCUT2D eigenvalue weighted by atomic mass is 9.96. The van der Waals surface area contributed by atoms with Crippen molar-refractivity contribution in [1.29, 1.82) is 0 Å². The van der Waals surface area contributed by atoms with Gasteiger partial charge in [0.05, 0.1) is 11.3 Å². The quantitative estimate of drug-likeness (QED) is 0.765. The fraction of sp³-hybridized carbons (Fsp3) is 0.400. The maximum Gasteiger partial charge on any atom is 0.231 e. The molecule has 1 amide bonds. The number of furan rings is 1. The molecule has 1 saturated heterocycles. The van der Waals surface area contributed by atoms with E-state index >= 15 is 0 Å². The molecule has 0 aromatic carbocycles. The molecule has 7 heteroatoms. The van der Waals surface area contributed by atoms with Crippen molar-refractivity contribution in [1.82, 2.24) is 20.3 Å². The van der Waals surface area contributed by atoms with Gasteiger partial charge in [-0.3, -0.25) is 9.78 Å². The molecule has 1 aliphatic heterocycles. The summed E-state index contributed by atoms with van der Waals surface area (Å²) in [5, 5.41) is 3.99. The van der Waals surface area contributed by atoms with E-state index in [2.05, 4.69) is 25.2 Å². The first-order valence-electron chi connectivity index (χ1n) is 9.25. The smallest absolute Gasteiger partial charge is 0.231 e. The highest BCUT2D eigenvalue weighted by Crippen LogP contribution is 2.32. The lowest BCUT2D eigenvalue weighted by molar-refractivity contribution is -0.125. The van der Waals surface area contributed by atoms with Crippen LogP contribution in [0, 0.1) is 19.8 Å². The summed E-state index contributed by atoms with van der Waals surface area (Å²) in [4.78, 5) is 27.7. The van der Waals surface area contributed by atoms with Crippen LogP contribution in [0.3, 0.4) is 0 Å². The van der Waals surface area contributed by atoms with E-state index in [1.165, 1.54) is 6.33 Å². The molecule has 0 radical (unpaired) electrons. The Morgan fingerprint density at radius 2 is 2.26 bits per heavy atom. The predicted molar refractivity (Wildman–Crippen MR) is 102 cm³/mol. The number of pyridine rings is 1. The molecular weight excluding hydrogens is 342 g/mol. The van der Waals surface area contributed by atoms with Gasteiger partial charge in [-0.25, -0.2) is 9.97 Å². The fourth-order valence-corrected chi connectivity index (χ4v) is 3.62. The SMILES string of the molecule is Cc1oc2ncnc(N3CCCC(C(=O)NCc4cccnc4)C3)c2c1C. The van der Waals surface area contributed by atoms with E-state index in [1.807, 2.05) is 26.0 Å². The van der Waals surface area contributed by atoms with Crippen LogP contribution >= 0.6 is 0 Å². The van der Waals surface area contributed by atoms with E-state index in [4.69, 9.17) is 4.42 Å². The van der Waals surface area contributed by atoms with Crippen molar-refractivity contribution in [2.24, 2.45) is 5.92 Å². The van der Waals surface area contributed by atoms with E-state index in [1.54, 1.807) is 12.4 Å². The second-order valence-electron chi connectivity index (χ2n) is 7.02. The Kier molecular flexibility index (Phi) is 4.75. The largest absolute Gasteiger partial charge is 0.443 e. The second-order valence-corrected chi connectivity index (χ2v) is 7.02. The van der Waals surface area contributed by atoms with Crippen LogP contribution in [0.25, 0.3) is 11.1 Å². The van der Waals surface area contributed by atoms with Crippen molar-refractivity contribution in [2.75, 3.05) is 18.0 Å². The molecule has 3 aromatic rings. The minimum atomic E-state index is -0.0614. The van der Waals surface area contributed by atoms with Gasteiger partial charge in [-0.2, -0.15) is 0 Å². The van der Waals surface area contributed by atoms with Crippen LogP contribution in [0.1, 0.15) is 29.7 Å². The molecule has 140 valence electrons. The maximum absolute atomic E-state index is 12.7. The summed E-state index contributed by atoms with van der Waals surface area (Å²) >= 11 is 0. The number of rotatable bonds is 4. The number of nitrogens with one attached hydrogen (secondary N) is 1. The van der Waals surface area contributed by atoms with E-state index in [9.17, 15) is 4.79 Å². The molecule has 1 fully saturated rings. The van der Waals surface area contributed by atoms with Crippen LogP contribution in [0.2, 0.25) is 0 Å². The van der Waals surface area contributed by atoms with Gasteiger partial charge in [0, 0.05) is 37.6 Å². The monoisotopic (exact) mass is 365 g/mol. The number of hydrogen-bond acceptors (Lipinski definition) is 6. The normalized spacial score (nSPS) is 17.3. The van der Waals surface area contributed by atoms with E-state index < -0.39 is 0 Å². The second kappa shape index (κ2) is 7.34. The topological polar surface area (TPSA) is 84.2 Å². The van der Waals surface area contributed by atoms with Crippen molar-refractivity contribution in [3.8, 4) is 0 Å². The van der Waals surface area contributed by atoms with Gasteiger partial charge in [0.1, 0.15) is 17.9 Å². The molecule has 3 aromatic heterocycles. The van der Waals surface area contributed by atoms with Gasteiger partial charge in [-0.05, 0) is 38.3 Å². The predicted octanol–water partition coefficient (Wildman–Crippen LogP) is 2.77. The minimum absolute atomic E-state index is 0.0614. The molecule has 1 atom stereocenters. The van der Waals surface area contributed by atoms with Gasteiger partial charge in [0.2, 0.25) is 11.6 Å². The molecule has 0 aliphatic carbocycles. The van der Waals surface area contributed by atoms with Crippen LogP contribution in [0.4, 0.5) is 5.82 Å². The summed E-state index contributed by atoms with van der Waals surface area (Å²) in [7, 11) is 0. The van der Waals surface area contributed by atoms with Gasteiger partial charge >= 0.3 is 0 Å². The van der Waals surface area contributed by atoms with Crippen molar-refractivity contribution >= 4 is 22.8 Å². The van der Waals surface area contributed by atoms with Gasteiger partial charge in [0.15, 0.2) is 0 Å². The first-order chi connectivity index (χ1) is 13.1. The number of anilines is 1. The van der Waals surface area contributed by atoms with Gasteiger partial charge < -0.3 is 14.6 Å². The number of nitrogens with zero attached hydrogens (tertiary/aromatic N) is 4. The number of carbonyl (C=O) groups excluding carboxylic acids is 1. The number of amides is 1. The summed E-state index contributed by atoms with van der Waals surface area (Å²) < 4.78 is 5.73. The fourth-order valence-electron chi connectivity index (χ4n) is 3.62. The maximum atomic E-state index is 12.7. The summed E-state index contributed by atoms with van der Waals surface area (Å²) in [5.41, 5.74) is 2.67. The zero-order chi connectivity index (χ0) is 18.8. The number of carbonyl (C=O) groups is 1. The van der Waals surface area contributed by atoms with Crippen molar-refractivity contribution in [3.05, 3.63) is 47.7 Å². The third kappa shape index (κ3) is 3.49. The molecule has 1 N–H and O–H groups in total. The van der Waals surface area contributed by atoms with E-state index in [0.29, 0.717) is 18.8 Å². The number of aromatic nitrogens is 3. The highest BCUT2D eigenvalue weighted by atomic mass is 16.3. The summed E-state index contributed by atoms with van der Waals surface area (Å²) in [6, 6.07) is 3.83. The number of fused-ring (bicyclic) bond motifs is 1. The first kappa shape index (κ1) is 17.5. The van der Waals surface area contributed by atoms with Crippen LogP contribution in [-0.2, 0) is 11.3 Å². The average molecular weight is 365 g/mol. The summed E-state index contributed by atoms with van der Waals surface area (Å²) in [5.74, 6) is 1.73. The Balaban J connectivity index is 1.49. The third-order valence-corrected chi connectivity index (χ3v) is 5.23. The Hall–Kier alpha value is -2.96. The highest BCUT2D eigenvalue weighted by molar-refractivity contribution is 5.90. The van der Waals surface area contributed by atoms with Crippen LogP contribution in [0.5, 0.6) is 0 Å². The van der Waals surface area contributed by atoms with Crippen molar-refractivity contribution < 1.29 is 9.21 Å². The minimum Gasteiger partial charge on any atom is -0.443 e. The van der Waals surface area contributed by atoms with Gasteiger partial charge in [0.25, 0.3) is 0 Å². The Bertz CT molecular complexity index is 954. The lowest BCUT2D eigenvalue weighted by Gasteiger charge is -2.33. The van der Waals surface area contributed by atoms with Crippen LogP contribution in [-0.4, -0.2) is 33.9 Å². The molecule has 0 saturated carbocycles. The van der Waals surface area contributed by atoms with Crippen LogP contribution in [0.15, 0.2) is 35.3 Å². The number of hydrogen-bond donors (Lipinski definition) is 1. The summed E-state index contributed by atoms with van der Waals surface area (Å²) in [6.45, 7) is 5.99. The number of aryl methyl sites for hydroxylation is 2. The molecule has 4 heterocycles. The molecule has 1 aliphatic rings. The molecule has 0 spiro atoms. The molecule has 1 unspecified atom stereocenters. The molecule has 4 rings (SSSR count). The zero-order valence-corrected chi connectivity index (χ0v) is 15.6. The molecule has 27 heavy (non-hydrogen) atoms. The van der Waals surface area contributed by atoms with E-state index in [0.717, 1.165) is 47.5 Å². The Morgan fingerprint density at radius 1 is 1.37 bits per heavy atom. The summed E-state index contributed by atoms with van der Waals surface area (Å²) in [6.07, 6.45) is 6.87. The first-order valence-corrected chi connectivity index (χ1v) is 9.25.